The summed E-state index contributed by atoms with van der Waals surface area (Å²) in [6.45, 7) is 6.56. The van der Waals surface area contributed by atoms with Crippen molar-refractivity contribution in [2.45, 2.75) is 39.0 Å². The van der Waals surface area contributed by atoms with Gasteiger partial charge in [0, 0.05) is 32.2 Å². The number of amides is 2. The van der Waals surface area contributed by atoms with Crippen LogP contribution in [0.25, 0.3) is 0 Å². The summed E-state index contributed by atoms with van der Waals surface area (Å²) < 4.78 is 0. The molecule has 2 aromatic carbocycles. The summed E-state index contributed by atoms with van der Waals surface area (Å²) >= 11 is 0. The summed E-state index contributed by atoms with van der Waals surface area (Å²) in [5.41, 5.74) is 3.52. The van der Waals surface area contributed by atoms with Crippen LogP contribution < -0.4 is 4.90 Å². The van der Waals surface area contributed by atoms with Crippen molar-refractivity contribution in [3.63, 3.8) is 0 Å². The molecule has 6 heteroatoms. The summed E-state index contributed by atoms with van der Waals surface area (Å²) in [5, 5.41) is 0. The second-order valence-corrected chi connectivity index (χ2v) is 9.78. The number of hydrogen-bond donors (Lipinski definition) is 0. The molecule has 0 aliphatic carbocycles. The van der Waals surface area contributed by atoms with Gasteiger partial charge in [0.1, 0.15) is 0 Å². The molecule has 1 unspecified atom stereocenters. The van der Waals surface area contributed by atoms with Crippen molar-refractivity contribution in [2.75, 3.05) is 44.7 Å². The van der Waals surface area contributed by atoms with Gasteiger partial charge in [-0.05, 0) is 75.4 Å². The smallest absolute Gasteiger partial charge is 0.232 e. The number of likely N-dealkylation sites (tertiary alicyclic amines) is 2. The van der Waals surface area contributed by atoms with Crippen molar-refractivity contribution in [1.29, 1.82) is 0 Å². The van der Waals surface area contributed by atoms with Gasteiger partial charge >= 0.3 is 0 Å². The fraction of sp³-hybridized carbons (Fsp3) is 0.500. The van der Waals surface area contributed by atoms with E-state index in [1.54, 1.807) is 11.9 Å². The fourth-order valence-corrected chi connectivity index (χ4v) is 5.28. The van der Waals surface area contributed by atoms with Gasteiger partial charge in [0.15, 0.2) is 0 Å². The van der Waals surface area contributed by atoms with Gasteiger partial charge < -0.3 is 14.7 Å². The Morgan fingerprint density at radius 2 is 1.71 bits per heavy atom. The zero-order valence-corrected chi connectivity index (χ0v) is 21.3. The second-order valence-electron chi connectivity index (χ2n) is 9.78. The largest absolute Gasteiger partial charge is 0.345 e. The number of halogens is 1. The van der Waals surface area contributed by atoms with E-state index in [4.69, 9.17) is 0 Å². The Kier molecular flexibility index (Phi) is 9.54. The fourth-order valence-electron chi connectivity index (χ4n) is 5.28. The number of aryl methyl sites for hydroxylation is 1. The molecule has 1 atom stereocenters. The molecule has 2 saturated heterocycles. The number of para-hydroxylation sites is 1. The third kappa shape index (κ3) is 6.61. The Morgan fingerprint density at radius 3 is 2.35 bits per heavy atom. The molecule has 2 amide bonds. The van der Waals surface area contributed by atoms with E-state index in [1.165, 1.54) is 24.8 Å². The van der Waals surface area contributed by atoms with Crippen LogP contribution in [0.1, 0.15) is 36.8 Å². The number of carbonyl (C=O) groups excluding carboxylic acids is 2. The number of nitrogens with zero attached hydrogens (tertiary/aromatic N) is 3. The molecule has 0 spiro atoms. The highest BCUT2D eigenvalue weighted by molar-refractivity contribution is 5.99. The lowest BCUT2D eigenvalue weighted by atomic mass is 9.90. The zero-order valence-electron chi connectivity index (χ0n) is 20.5. The van der Waals surface area contributed by atoms with Crippen molar-refractivity contribution in [3.8, 4) is 0 Å². The molecule has 4 rings (SSSR count). The number of carbonyl (C=O) groups is 2. The molecule has 184 valence electrons. The molecule has 34 heavy (non-hydrogen) atoms. The minimum Gasteiger partial charge on any atom is -0.345 e. The van der Waals surface area contributed by atoms with Crippen molar-refractivity contribution in [3.05, 3.63) is 65.7 Å². The maximum atomic E-state index is 13.4. The Balaban J connectivity index is 0.00000324. The zero-order chi connectivity index (χ0) is 23.2. The Morgan fingerprint density at radius 1 is 1.03 bits per heavy atom. The van der Waals surface area contributed by atoms with Crippen LogP contribution in [-0.4, -0.2) is 61.4 Å². The van der Waals surface area contributed by atoms with Gasteiger partial charge in [-0.15, -0.1) is 12.4 Å². The first-order valence-corrected chi connectivity index (χ1v) is 12.4. The summed E-state index contributed by atoms with van der Waals surface area (Å²) in [4.78, 5) is 31.6. The molecule has 0 radical (unpaired) electrons. The van der Waals surface area contributed by atoms with Crippen LogP contribution in [-0.2, 0) is 16.0 Å². The standard InChI is InChI=1S/C28H37N3O2.ClH/c1-22-9-6-7-12-26(22)31(28(33)25-20-27(32)29(2)21-25)16-8-15-30-17-13-24(14-18-30)19-23-10-4-3-5-11-23;/h3-7,9-12,24-25H,8,13-21H2,1-2H3;1H. The first kappa shape index (κ1) is 26.2. The van der Waals surface area contributed by atoms with Gasteiger partial charge in [-0.25, -0.2) is 0 Å². The molecule has 0 bridgehead atoms. The number of hydrogen-bond acceptors (Lipinski definition) is 3. The predicted octanol–water partition coefficient (Wildman–Crippen LogP) is 4.57. The summed E-state index contributed by atoms with van der Waals surface area (Å²) in [6, 6.07) is 18.9. The molecule has 0 saturated carbocycles. The lowest BCUT2D eigenvalue weighted by Crippen LogP contribution is -2.40. The van der Waals surface area contributed by atoms with Crippen LogP contribution in [0.4, 0.5) is 5.69 Å². The number of benzene rings is 2. The number of anilines is 1. The molecular formula is C28H38ClN3O2. The van der Waals surface area contributed by atoms with E-state index in [2.05, 4.69) is 48.2 Å². The SMILES string of the molecule is Cc1ccccc1N(CCCN1CCC(Cc2ccccc2)CC1)C(=O)C1CC(=O)N(C)C1.Cl. The van der Waals surface area contributed by atoms with E-state index in [9.17, 15) is 9.59 Å². The second kappa shape index (κ2) is 12.4. The van der Waals surface area contributed by atoms with E-state index in [0.717, 1.165) is 43.2 Å². The maximum Gasteiger partial charge on any atom is 0.232 e. The predicted molar refractivity (Wildman–Crippen MR) is 140 cm³/mol. The molecular weight excluding hydrogens is 446 g/mol. The lowest BCUT2D eigenvalue weighted by molar-refractivity contribution is -0.127. The van der Waals surface area contributed by atoms with Gasteiger partial charge in [-0.3, -0.25) is 9.59 Å². The molecule has 0 N–H and O–H groups in total. The van der Waals surface area contributed by atoms with E-state index < -0.39 is 0 Å². The van der Waals surface area contributed by atoms with Crippen LogP contribution in [0.15, 0.2) is 54.6 Å². The lowest BCUT2D eigenvalue weighted by Gasteiger charge is -2.33. The molecule has 5 nitrogen and oxygen atoms in total. The molecule has 0 aromatic heterocycles. The Labute approximate surface area is 210 Å². The number of rotatable bonds is 8. The highest BCUT2D eigenvalue weighted by Gasteiger charge is 2.35. The third-order valence-corrected chi connectivity index (χ3v) is 7.29. The summed E-state index contributed by atoms with van der Waals surface area (Å²) in [7, 11) is 1.79. The van der Waals surface area contributed by atoms with E-state index in [0.29, 0.717) is 19.5 Å². The molecule has 2 aliphatic heterocycles. The van der Waals surface area contributed by atoms with E-state index >= 15 is 0 Å². The first-order valence-electron chi connectivity index (χ1n) is 12.4. The van der Waals surface area contributed by atoms with Gasteiger partial charge in [-0.1, -0.05) is 48.5 Å². The summed E-state index contributed by atoms with van der Waals surface area (Å²) in [6.07, 6.45) is 4.93. The third-order valence-electron chi connectivity index (χ3n) is 7.29. The van der Waals surface area contributed by atoms with Gasteiger partial charge in [-0.2, -0.15) is 0 Å². The quantitative estimate of drug-likeness (QED) is 0.552. The average molecular weight is 484 g/mol. The number of piperidine rings is 1. The minimum atomic E-state index is -0.240. The van der Waals surface area contributed by atoms with Gasteiger partial charge in [0.2, 0.25) is 11.8 Å². The maximum absolute atomic E-state index is 13.4. The van der Waals surface area contributed by atoms with Crippen molar-refractivity contribution in [1.82, 2.24) is 9.80 Å². The topological polar surface area (TPSA) is 43.9 Å². The van der Waals surface area contributed by atoms with Crippen molar-refractivity contribution < 1.29 is 9.59 Å². The van der Waals surface area contributed by atoms with Gasteiger partial charge in [0.25, 0.3) is 0 Å². The van der Waals surface area contributed by atoms with Crippen LogP contribution in [0.5, 0.6) is 0 Å². The van der Waals surface area contributed by atoms with Gasteiger partial charge in [0.05, 0.1) is 5.92 Å². The van der Waals surface area contributed by atoms with E-state index in [1.807, 2.05) is 23.1 Å². The van der Waals surface area contributed by atoms with Crippen molar-refractivity contribution in [2.24, 2.45) is 11.8 Å². The first-order chi connectivity index (χ1) is 16.0. The van der Waals surface area contributed by atoms with Crippen LogP contribution in [0.3, 0.4) is 0 Å². The molecule has 2 heterocycles. The van der Waals surface area contributed by atoms with Crippen molar-refractivity contribution >= 4 is 29.9 Å². The minimum absolute atomic E-state index is 0. The van der Waals surface area contributed by atoms with Crippen LogP contribution in [0.2, 0.25) is 0 Å². The van der Waals surface area contributed by atoms with Crippen LogP contribution >= 0.6 is 12.4 Å². The normalized spacial score (nSPS) is 19.2. The molecule has 2 fully saturated rings. The highest BCUT2D eigenvalue weighted by Crippen LogP contribution is 2.26. The Bertz CT molecular complexity index is 944. The molecule has 2 aromatic rings. The molecule has 2 aliphatic rings. The Hall–Kier alpha value is -2.37. The summed E-state index contributed by atoms with van der Waals surface area (Å²) in [5.74, 6) is 0.682. The highest BCUT2D eigenvalue weighted by atomic mass is 35.5. The van der Waals surface area contributed by atoms with Crippen LogP contribution in [0, 0.1) is 18.8 Å². The monoisotopic (exact) mass is 483 g/mol. The average Bonchev–Trinajstić information content (AvgIpc) is 3.17. The van der Waals surface area contributed by atoms with E-state index in [-0.39, 0.29) is 30.1 Å².